The molecule has 2 aromatic carbocycles. The standard InChI is InChI=1S/C21H20F3NO5S/c1-14(26)15-5-7-18(8-6-15)30-20(27)16-9-11-25(12-10-16)31(28,29)19-4-2-3-17(13-19)21(22,23)24/h2-8,13,16H,9-12H2,1H3. The minimum absolute atomic E-state index is 0.0123. The molecule has 0 radical (unpaired) electrons. The minimum Gasteiger partial charge on any atom is -0.426 e. The van der Waals surface area contributed by atoms with Crippen LogP contribution in [0.1, 0.15) is 35.7 Å². The van der Waals surface area contributed by atoms with Crippen molar-refractivity contribution in [3.63, 3.8) is 0 Å². The lowest BCUT2D eigenvalue weighted by Crippen LogP contribution is -2.41. The Bertz CT molecular complexity index is 1070. The van der Waals surface area contributed by atoms with Crippen LogP contribution >= 0.6 is 0 Å². The second-order valence-electron chi connectivity index (χ2n) is 7.21. The first-order valence-electron chi connectivity index (χ1n) is 9.48. The van der Waals surface area contributed by atoms with Crippen molar-refractivity contribution in [1.82, 2.24) is 4.31 Å². The molecule has 0 bridgehead atoms. The molecular weight excluding hydrogens is 435 g/mol. The van der Waals surface area contributed by atoms with Crippen molar-refractivity contribution in [3.05, 3.63) is 59.7 Å². The van der Waals surface area contributed by atoms with Crippen LogP contribution in [0.2, 0.25) is 0 Å². The van der Waals surface area contributed by atoms with Gasteiger partial charge in [-0.05, 0) is 62.2 Å². The number of carbonyl (C=O) groups excluding carboxylic acids is 2. The monoisotopic (exact) mass is 455 g/mol. The maximum Gasteiger partial charge on any atom is 0.416 e. The van der Waals surface area contributed by atoms with E-state index in [-0.39, 0.29) is 37.5 Å². The Balaban J connectivity index is 1.63. The number of esters is 1. The Morgan fingerprint density at radius 1 is 1.03 bits per heavy atom. The fourth-order valence-corrected chi connectivity index (χ4v) is 4.79. The number of rotatable bonds is 5. The lowest BCUT2D eigenvalue weighted by atomic mass is 9.98. The highest BCUT2D eigenvalue weighted by Crippen LogP contribution is 2.32. The maximum atomic E-state index is 12.9. The van der Waals surface area contributed by atoms with Crippen LogP contribution in [0.5, 0.6) is 5.75 Å². The van der Waals surface area contributed by atoms with Gasteiger partial charge in [0.2, 0.25) is 10.0 Å². The number of benzene rings is 2. The average molecular weight is 455 g/mol. The van der Waals surface area contributed by atoms with E-state index in [4.69, 9.17) is 4.74 Å². The van der Waals surface area contributed by atoms with Gasteiger partial charge in [0.05, 0.1) is 16.4 Å². The largest absolute Gasteiger partial charge is 0.426 e. The van der Waals surface area contributed by atoms with Crippen LogP contribution in [0.25, 0.3) is 0 Å². The van der Waals surface area contributed by atoms with Crippen LogP contribution < -0.4 is 4.74 Å². The van der Waals surface area contributed by atoms with Crippen LogP contribution in [0.4, 0.5) is 13.2 Å². The van der Waals surface area contributed by atoms with E-state index in [2.05, 4.69) is 0 Å². The van der Waals surface area contributed by atoms with E-state index < -0.39 is 38.5 Å². The number of hydrogen-bond donors (Lipinski definition) is 0. The molecule has 0 saturated carbocycles. The highest BCUT2D eigenvalue weighted by atomic mass is 32.2. The van der Waals surface area contributed by atoms with Crippen molar-refractivity contribution >= 4 is 21.8 Å². The summed E-state index contributed by atoms with van der Waals surface area (Å²) in [4.78, 5) is 23.2. The Morgan fingerprint density at radius 3 is 2.19 bits per heavy atom. The Labute approximate surface area is 177 Å². The van der Waals surface area contributed by atoms with E-state index in [0.29, 0.717) is 11.6 Å². The molecular formula is C21H20F3NO5S. The van der Waals surface area contributed by atoms with E-state index in [1.807, 2.05) is 0 Å². The number of ether oxygens (including phenoxy) is 1. The number of ketones is 1. The molecule has 31 heavy (non-hydrogen) atoms. The lowest BCUT2D eigenvalue weighted by Gasteiger charge is -2.30. The molecule has 2 aromatic rings. The predicted molar refractivity (Wildman–Crippen MR) is 105 cm³/mol. The van der Waals surface area contributed by atoms with Crippen LogP contribution in [-0.4, -0.2) is 37.6 Å². The first-order chi connectivity index (χ1) is 14.5. The molecule has 0 spiro atoms. The van der Waals surface area contributed by atoms with Gasteiger partial charge in [0.15, 0.2) is 5.78 Å². The van der Waals surface area contributed by atoms with Gasteiger partial charge in [-0.15, -0.1) is 0 Å². The summed E-state index contributed by atoms with van der Waals surface area (Å²) in [5, 5.41) is 0. The van der Waals surface area contributed by atoms with Gasteiger partial charge in [-0.3, -0.25) is 9.59 Å². The van der Waals surface area contributed by atoms with E-state index in [1.54, 1.807) is 0 Å². The van der Waals surface area contributed by atoms with Crippen LogP contribution in [0, 0.1) is 5.92 Å². The third-order valence-electron chi connectivity index (χ3n) is 5.07. The van der Waals surface area contributed by atoms with Crippen molar-refractivity contribution in [3.8, 4) is 5.75 Å². The summed E-state index contributed by atoms with van der Waals surface area (Å²) in [6.45, 7) is 1.39. The molecule has 0 aromatic heterocycles. The van der Waals surface area contributed by atoms with E-state index in [1.165, 1.54) is 31.2 Å². The number of nitrogens with zero attached hydrogens (tertiary/aromatic N) is 1. The van der Waals surface area contributed by atoms with Crippen molar-refractivity contribution in [1.29, 1.82) is 0 Å². The summed E-state index contributed by atoms with van der Waals surface area (Å²) in [5.41, 5.74) is -0.560. The fourth-order valence-electron chi connectivity index (χ4n) is 3.27. The molecule has 0 amide bonds. The molecule has 1 saturated heterocycles. The minimum atomic E-state index is -4.65. The quantitative estimate of drug-likeness (QED) is 0.388. The number of carbonyl (C=O) groups is 2. The molecule has 0 aliphatic carbocycles. The predicted octanol–water partition coefficient (Wildman–Crippen LogP) is 3.91. The van der Waals surface area contributed by atoms with Crippen molar-refractivity contribution in [2.45, 2.75) is 30.8 Å². The Morgan fingerprint density at radius 2 is 1.65 bits per heavy atom. The molecule has 3 rings (SSSR count). The summed E-state index contributed by atoms with van der Waals surface area (Å²) in [7, 11) is -4.12. The second-order valence-corrected chi connectivity index (χ2v) is 9.14. The molecule has 1 fully saturated rings. The van der Waals surface area contributed by atoms with Gasteiger partial charge in [0.1, 0.15) is 5.75 Å². The second kappa shape index (κ2) is 8.80. The highest BCUT2D eigenvalue weighted by molar-refractivity contribution is 7.89. The SMILES string of the molecule is CC(=O)c1ccc(OC(=O)C2CCN(S(=O)(=O)c3cccc(C(F)(F)F)c3)CC2)cc1. The first kappa shape index (κ1) is 23.0. The summed E-state index contributed by atoms with van der Waals surface area (Å²) in [6.07, 6.45) is -4.28. The van der Waals surface area contributed by atoms with Crippen molar-refractivity contribution < 1.29 is 35.9 Å². The molecule has 166 valence electrons. The Hall–Kier alpha value is -2.72. The molecule has 0 unspecified atom stereocenters. The van der Waals surface area contributed by atoms with Gasteiger partial charge in [-0.1, -0.05) is 6.07 Å². The zero-order valence-corrected chi connectivity index (χ0v) is 17.4. The van der Waals surface area contributed by atoms with E-state index in [0.717, 1.165) is 22.5 Å². The van der Waals surface area contributed by atoms with Gasteiger partial charge in [0, 0.05) is 18.7 Å². The number of alkyl halides is 3. The fraction of sp³-hybridized carbons (Fsp3) is 0.333. The third kappa shape index (κ3) is 5.31. The number of halogens is 3. The van der Waals surface area contributed by atoms with Gasteiger partial charge < -0.3 is 4.74 Å². The lowest BCUT2D eigenvalue weighted by molar-refractivity contribution is -0.140. The number of Topliss-reactive ketones (excluding diaryl/α,β-unsaturated/α-hetero) is 1. The summed E-state index contributed by atoms with van der Waals surface area (Å²) >= 11 is 0. The summed E-state index contributed by atoms with van der Waals surface area (Å²) in [5.74, 6) is -0.909. The van der Waals surface area contributed by atoms with Gasteiger partial charge >= 0.3 is 12.1 Å². The zero-order chi connectivity index (χ0) is 22.8. The zero-order valence-electron chi connectivity index (χ0n) is 16.6. The smallest absolute Gasteiger partial charge is 0.416 e. The molecule has 6 nitrogen and oxygen atoms in total. The molecule has 0 atom stereocenters. The summed E-state index contributed by atoms with van der Waals surface area (Å²) in [6, 6.07) is 9.67. The van der Waals surface area contributed by atoms with E-state index in [9.17, 15) is 31.2 Å². The van der Waals surface area contributed by atoms with Gasteiger partial charge in [0.25, 0.3) is 0 Å². The molecule has 0 N–H and O–H groups in total. The highest BCUT2D eigenvalue weighted by Gasteiger charge is 2.35. The topological polar surface area (TPSA) is 80.8 Å². The maximum absolute atomic E-state index is 12.9. The first-order valence-corrected chi connectivity index (χ1v) is 10.9. The van der Waals surface area contributed by atoms with Gasteiger partial charge in [-0.2, -0.15) is 17.5 Å². The number of piperidine rings is 1. The molecule has 10 heteroatoms. The van der Waals surface area contributed by atoms with E-state index >= 15 is 0 Å². The number of sulfonamides is 1. The number of hydrogen-bond acceptors (Lipinski definition) is 5. The normalized spacial score (nSPS) is 16.1. The van der Waals surface area contributed by atoms with Gasteiger partial charge in [-0.25, -0.2) is 8.42 Å². The van der Waals surface area contributed by atoms with Crippen LogP contribution in [0.3, 0.4) is 0 Å². The third-order valence-corrected chi connectivity index (χ3v) is 6.96. The van der Waals surface area contributed by atoms with Crippen LogP contribution in [-0.2, 0) is 21.0 Å². The molecule has 1 aliphatic heterocycles. The molecule has 1 heterocycles. The average Bonchev–Trinajstić information content (AvgIpc) is 2.73. The Kier molecular flexibility index (Phi) is 6.51. The summed E-state index contributed by atoms with van der Waals surface area (Å²) < 4.78 is 70.6. The van der Waals surface area contributed by atoms with Crippen molar-refractivity contribution in [2.24, 2.45) is 5.92 Å². The van der Waals surface area contributed by atoms with Crippen molar-refractivity contribution in [2.75, 3.05) is 13.1 Å². The molecule has 1 aliphatic rings. The van der Waals surface area contributed by atoms with Crippen LogP contribution in [0.15, 0.2) is 53.4 Å².